The van der Waals surface area contributed by atoms with E-state index in [9.17, 15) is 8.78 Å². The summed E-state index contributed by atoms with van der Waals surface area (Å²) in [5, 5.41) is 3.15. The minimum Gasteiger partial charge on any atom is -0.313 e. The first-order chi connectivity index (χ1) is 9.20. The van der Waals surface area contributed by atoms with Crippen LogP contribution in [0, 0.1) is 11.6 Å². The molecule has 1 heterocycles. The molecule has 1 N–H and O–H groups in total. The van der Waals surface area contributed by atoms with Crippen molar-refractivity contribution in [3.05, 3.63) is 53.9 Å². The molecule has 0 aliphatic rings. The summed E-state index contributed by atoms with van der Waals surface area (Å²) in [5.41, 5.74) is 1.82. The van der Waals surface area contributed by atoms with Gasteiger partial charge in [-0.05, 0) is 30.7 Å². The normalized spacial score (nSPS) is 10.7. The van der Waals surface area contributed by atoms with Crippen LogP contribution in [0.25, 0.3) is 11.1 Å². The van der Waals surface area contributed by atoms with Crippen LogP contribution in [0.4, 0.5) is 8.78 Å². The number of pyridine rings is 1. The Morgan fingerprint density at radius 1 is 1.11 bits per heavy atom. The smallest absolute Gasteiger partial charge is 0.142 e. The number of nitrogens with zero attached hydrogens (tertiary/aromatic N) is 1. The quantitative estimate of drug-likeness (QED) is 0.834. The summed E-state index contributed by atoms with van der Waals surface area (Å²) >= 11 is 0. The first-order valence-corrected chi connectivity index (χ1v) is 6.30. The summed E-state index contributed by atoms with van der Waals surface area (Å²) in [6.45, 7) is 3.42. The third-order valence-electron chi connectivity index (χ3n) is 2.83. The van der Waals surface area contributed by atoms with Crippen LogP contribution in [0.15, 0.2) is 36.7 Å². The molecular weight excluding hydrogens is 246 g/mol. The fraction of sp³-hybridized carbons (Fsp3) is 0.267. The van der Waals surface area contributed by atoms with Crippen molar-refractivity contribution in [2.75, 3.05) is 6.54 Å². The van der Waals surface area contributed by atoms with Crippen molar-refractivity contribution in [1.29, 1.82) is 0 Å². The van der Waals surface area contributed by atoms with Crippen LogP contribution in [0.2, 0.25) is 0 Å². The monoisotopic (exact) mass is 262 g/mol. The van der Waals surface area contributed by atoms with Crippen molar-refractivity contribution in [3.8, 4) is 11.1 Å². The molecule has 0 aliphatic carbocycles. The van der Waals surface area contributed by atoms with Crippen molar-refractivity contribution >= 4 is 0 Å². The Morgan fingerprint density at radius 2 is 1.95 bits per heavy atom. The average molecular weight is 262 g/mol. The maximum Gasteiger partial charge on any atom is 0.142 e. The standard InChI is InChI=1S/C15H16F2N2/c1-2-5-18-8-12-4-3-11(7-15(12)17)13-6-14(16)10-19-9-13/h3-4,6-7,9-10,18H,2,5,8H2,1H3. The van der Waals surface area contributed by atoms with Gasteiger partial charge >= 0.3 is 0 Å². The van der Waals surface area contributed by atoms with Crippen molar-refractivity contribution in [2.24, 2.45) is 0 Å². The largest absolute Gasteiger partial charge is 0.313 e. The number of hydrogen-bond donors (Lipinski definition) is 1. The Morgan fingerprint density at radius 3 is 2.63 bits per heavy atom. The Kier molecular flexibility index (Phi) is 4.58. The molecule has 1 aromatic heterocycles. The molecule has 0 radical (unpaired) electrons. The van der Waals surface area contributed by atoms with Gasteiger partial charge in [-0.25, -0.2) is 8.78 Å². The number of hydrogen-bond acceptors (Lipinski definition) is 2. The van der Waals surface area contributed by atoms with Crippen molar-refractivity contribution in [2.45, 2.75) is 19.9 Å². The zero-order valence-electron chi connectivity index (χ0n) is 10.8. The SMILES string of the molecule is CCCNCc1ccc(-c2cncc(F)c2)cc1F. The van der Waals surface area contributed by atoms with Gasteiger partial charge in [0.2, 0.25) is 0 Å². The average Bonchev–Trinajstić information content (AvgIpc) is 2.41. The van der Waals surface area contributed by atoms with Crippen molar-refractivity contribution in [1.82, 2.24) is 10.3 Å². The van der Waals surface area contributed by atoms with Crippen molar-refractivity contribution in [3.63, 3.8) is 0 Å². The van der Waals surface area contributed by atoms with E-state index in [1.54, 1.807) is 12.1 Å². The predicted octanol–water partition coefficient (Wildman–Crippen LogP) is 3.53. The minimum atomic E-state index is -0.424. The second kappa shape index (κ2) is 6.38. The number of rotatable bonds is 5. The fourth-order valence-electron chi connectivity index (χ4n) is 1.84. The molecular formula is C15H16F2N2. The Balaban J connectivity index is 2.19. The molecule has 2 aromatic rings. The van der Waals surface area contributed by atoms with E-state index in [2.05, 4.69) is 17.2 Å². The van der Waals surface area contributed by atoms with E-state index < -0.39 is 5.82 Å². The van der Waals surface area contributed by atoms with E-state index in [0.717, 1.165) is 19.2 Å². The predicted molar refractivity (Wildman–Crippen MR) is 71.6 cm³/mol. The summed E-state index contributed by atoms with van der Waals surface area (Å²) in [6.07, 6.45) is 3.66. The summed E-state index contributed by atoms with van der Waals surface area (Å²) in [6, 6.07) is 6.26. The molecule has 0 unspecified atom stereocenters. The van der Waals surface area contributed by atoms with Gasteiger partial charge in [-0.3, -0.25) is 4.98 Å². The topological polar surface area (TPSA) is 24.9 Å². The van der Waals surface area contributed by atoms with Gasteiger partial charge in [0.1, 0.15) is 11.6 Å². The molecule has 4 heteroatoms. The first kappa shape index (κ1) is 13.6. The lowest BCUT2D eigenvalue weighted by Crippen LogP contribution is -2.14. The van der Waals surface area contributed by atoms with E-state index in [0.29, 0.717) is 23.2 Å². The summed E-state index contributed by atoms with van der Waals surface area (Å²) in [5.74, 6) is -0.711. The second-order valence-electron chi connectivity index (χ2n) is 4.37. The highest BCUT2D eigenvalue weighted by molar-refractivity contribution is 5.62. The maximum atomic E-state index is 13.9. The highest BCUT2D eigenvalue weighted by atomic mass is 19.1. The fourth-order valence-corrected chi connectivity index (χ4v) is 1.84. The summed E-state index contributed by atoms with van der Waals surface area (Å²) in [7, 11) is 0. The number of aromatic nitrogens is 1. The van der Waals surface area contributed by atoms with Gasteiger partial charge in [-0.2, -0.15) is 0 Å². The summed E-state index contributed by atoms with van der Waals surface area (Å²) in [4.78, 5) is 3.76. The van der Waals surface area contributed by atoms with Crippen LogP contribution >= 0.6 is 0 Å². The molecule has 0 atom stereocenters. The molecule has 0 saturated carbocycles. The van der Waals surface area contributed by atoms with Gasteiger partial charge in [0.05, 0.1) is 6.20 Å². The second-order valence-corrected chi connectivity index (χ2v) is 4.37. The van der Waals surface area contributed by atoms with E-state index in [1.807, 2.05) is 0 Å². The van der Waals surface area contributed by atoms with Crippen LogP contribution in [-0.2, 0) is 6.54 Å². The molecule has 2 rings (SSSR count). The molecule has 0 bridgehead atoms. The van der Waals surface area contributed by atoms with E-state index in [4.69, 9.17) is 0 Å². The van der Waals surface area contributed by atoms with Gasteiger partial charge in [0.15, 0.2) is 0 Å². The first-order valence-electron chi connectivity index (χ1n) is 6.30. The lowest BCUT2D eigenvalue weighted by molar-refractivity contribution is 0.587. The molecule has 0 saturated heterocycles. The zero-order valence-corrected chi connectivity index (χ0v) is 10.8. The molecule has 0 fully saturated rings. The van der Waals surface area contributed by atoms with Gasteiger partial charge in [0, 0.05) is 23.9 Å². The number of nitrogens with one attached hydrogen (secondary N) is 1. The van der Waals surface area contributed by atoms with Crippen LogP contribution in [0.3, 0.4) is 0 Å². The molecule has 1 aromatic carbocycles. The molecule has 100 valence electrons. The molecule has 0 amide bonds. The highest BCUT2D eigenvalue weighted by Gasteiger charge is 2.06. The highest BCUT2D eigenvalue weighted by Crippen LogP contribution is 2.21. The van der Waals surface area contributed by atoms with Crippen LogP contribution in [0.5, 0.6) is 0 Å². The summed E-state index contributed by atoms with van der Waals surface area (Å²) < 4.78 is 27.0. The van der Waals surface area contributed by atoms with Gasteiger partial charge < -0.3 is 5.32 Å². The maximum absolute atomic E-state index is 13.9. The third-order valence-corrected chi connectivity index (χ3v) is 2.83. The van der Waals surface area contributed by atoms with E-state index in [1.165, 1.54) is 18.3 Å². The van der Waals surface area contributed by atoms with Gasteiger partial charge in [-0.1, -0.05) is 19.1 Å². The lowest BCUT2D eigenvalue weighted by Gasteiger charge is -2.07. The zero-order chi connectivity index (χ0) is 13.7. The minimum absolute atomic E-state index is 0.287. The van der Waals surface area contributed by atoms with Gasteiger partial charge in [0.25, 0.3) is 0 Å². The molecule has 0 aliphatic heterocycles. The number of benzene rings is 1. The van der Waals surface area contributed by atoms with E-state index >= 15 is 0 Å². The Hall–Kier alpha value is -1.81. The van der Waals surface area contributed by atoms with Gasteiger partial charge in [-0.15, -0.1) is 0 Å². The van der Waals surface area contributed by atoms with Crippen LogP contribution in [-0.4, -0.2) is 11.5 Å². The molecule has 19 heavy (non-hydrogen) atoms. The molecule has 2 nitrogen and oxygen atoms in total. The van der Waals surface area contributed by atoms with E-state index in [-0.39, 0.29) is 5.82 Å². The van der Waals surface area contributed by atoms with Crippen LogP contribution in [0.1, 0.15) is 18.9 Å². The van der Waals surface area contributed by atoms with Crippen molar-refractivity contribution < 1.29 is 8.78 Å². The van der Waals surface area contributed by atoms with Crippen LogP contribution < -0.4 is 5.32 Å². The number of halogens is 2. The Labute approximate surface area is 111 Å². The third kappa shape index (κ3) is 3.58. The molecule has 0 spiro atoms. The lowest BCUT2D eigenvalue weighted by atomic mass is 10.0. The Bertz CT molecular complexity index is 556.